The molecule has 1 aliphatic carbocycles. The summed E-state index contributed by atoms with van der Waals surface area (Å²) in [5.74, 6) is 0.624. The van der Waals surface area contributed by atoms with Gasteiger partial charge in [-0.3, -0.25) is 4.79 Å². The lowest BCUT2D eigenvalue weighted by Gasteiger charge is -2.28. The van der Waals surface area contributed by atoms with Crippen LogP contribution < -0.4 is 5.32 Å². The molecule has 0 radical (unpaired) electrons. The minimum atomic E-state index is -0.249. The van der Waals surface area contributed by atoms with Crippen molar-refractivity contribution < 1.29 is 9.18 Å². The Morgan fingerprint density at radius 3 is 2.60 bits per heavy atom. The molecule has 110 valence electrons. The van der Waals surface area contributed by atoms with Gasteiger partial charge in [0.2, 0.25) is 5.91 Å². The van der Waals surface area contributed by atoms with Crippen molar-refractivity contribution in [3.8, 4) is 0 Å². The van der Waals surface area contributed by atoms with Gasteiger partial charge in [-0.2, -0.15) is 0 Å². The topological polar surface area (TPSA) is 32.3 Å². The molecule has 0 spiro atoms. The van der Waals surface area contributed by atoms with E-state index in [1.807, 2.05) is 18.7 Å². The number of carbonyl (C=O) groups excluding carboxylic acids is 1. The van der Waals surface area contributed by atoms with E-state index in [-0.39, 0.29) is 17.8 Å². The van der Waals surface area contributed by atoms with Gasteiger partial charge < -0.3 is 10.2 Å². The van der Waals surface area contributed by atoms with Crippen molar-refractivity contribution in [3.63, 3.8) is 0 Å². The predicted molar refractivity (Wildman–Crippen MR) is 77.8 cm³/mol. The summed E-state index contributed by atoms with van der Waals surface area (Å²) in [5, 5.41) is 3.23. The van der Waals surface area contributed by atoms with E-state index in [0.717, 1.165) is 18.0 Å². The van der Waals surface area contributed by atoms with Gasteiger partial charge in [-0.1, -0.05) is 12.1 Å². The van der Waals surface area contributed by atoms with Gasteiger partial charge in [0.25, 0.3) is 0 Å². The van der Waals surface area contributed by atoms with E-state index in [2.05, 4.69) is 5.32 Å². The largest absolute Gasteiger partial charge is 0.335 e. The molecule has 3 nitrogen and oxygen atoms in total. The molecule has 0 saturated heterocycles. The lowest BCUT2D eigenvalue weighted by atomic mass is 10.1. The van der Waals surface area contributed by atoms with Crippen molar-refractivity contribution in [3.05, 3.63) is 35.6 Å². The molecule has 1 atom stereocenters. The Morgan fingerprint density at radius 1 is 1.40 bits per heavy atom. The normalized spacial score (nSPS) is 15.9. The van der Waals surface area contributed by atoms with Gasteiger partial charge >= 0.3 is 0 Å². The highest BCUT2D eigenvalue weighted by Crippen LogP contribution is 2.27. The molecule has 0 unspecified atom stereocenters. The second-order valence-electron chi connectivity index (χ2n) is 5.48. The van der Waals surface area contributed by atoms with Crippen LogP contribution in [0.4, 0.5) is 4.39 Å². The average Bonchev–Trinajstić information content (AvgIpc) is 3.24. The Balaban J connectivity index is 1.90. The summed E-state index contributed by atoms with van der Waals surface area (Å²) < 4.78 is 12.9. The summed E-state index contributed by atoms with van der Waals surface area (Å²) in [6.07, 6.45) is 2.56. The number of carbonyl (C=O) groups is 1. The number of nitrogens with one attached hydrogen (secondary N) is 1. The van der Waals surface area contributed by atoms with Gasteiger partial charge in [-0.05, 0) is 56.8 Å². The summed E-state index contributed by atoms with van der Waals surface area (Å²) in [6, 6.07) is 6.34. The second-order valence-corrected chi connectivity index (χ2v) is 5.48. The van der Waals surface area contributed by atoms with Crippen LogP contribution in [0.15, 0.2) is 24.3 Å². The summed E-state index contributed by atoms with van der Waals surface area (Å²) in [4.78, 5) is 14.1. The molecule has 1 aromatic rings. The maximum absolute atomic E-state index is 12.9. The molecule has 1 fully saturated rings. The van der Waals surface area contributed by atoms with Crippen molar-refractivity contribution >= 4 is 5.91 Å². The van der Waals surface area contributed by atoms with Crippen LogP contribution >= 0.6 is 0 Å². The number of likely N-dealkylation sites (N-methyl/N-ethyl adjacent to an activating group) is 1. The zero-order valence-electron chi connectivity index (χ0n) is 12.2. The standard InChI is InChI=1S/C16H23FN2O/c1-3-19(16(20)11-18-10-13-4-5-13)12(2)14-6-8-15(17)9-7-14/h6-9,12-13,18H,3-5,10-11H2,1-2H3/t12-/m0/s1. The number of benzene rings is 1. The molecule has 1 amide bonds. The monoisotopic (exact) mass is 278 g/mol. The van der Waals surface area contributed by atoms with Crippen LogP contribution in [0.3, 0.4) is 0 Å². The minimum Gasteiger partial charge on any atom is -0.335 e. The highest BCUT2D eigenvalue weighted by atomic mass is 19.1. The molecule has 2 rings (SSSR count). The number of rotatable bonds is 7. The summed E-state index contributed by atoms with van der Waals surface area (Å²) in [6.45, 7) is 5.93. The van der Waals surface area contributed by atoms with Gasteiger partial charge in [0.05, 0.1) is 12.6 Å². The van der Waals surface area contributed by atoms with Gasteiger partial charge in [0, 0.05) is 6.54 Å². The molecule has 1 N–H and O–H groups in total. The zero-order chi connectivity index (χ0) is 14.5. The Morgan fingerprint density at radius 2 is 2.05 bits per heavy atom. The third-order valence-corrected chi connectivity index (χ3v) is 3.89. The van der Waals surface area contributed by atoms with E-state index in [9.17, 15) is 9.18 Å². The van der Waals surface area contributed by atoms with Gasteiger partial charge in [0.15, 0.2) is 0 Å². The molecule has 0 aliphatic heterocycles. The van der Waals surface area contributed by atoms with Crippen LogP contribution in [0.25, 0.3) is 0 Å². The van der Waals surface area contributed by atoms with E-state index in [1.54, 1.807) is 12.1 Å². The van der Waals surface area contributed by atoms with E-state index in [1.165, 1.54) is 25.0 Å². The molecule has 1 saturated carbocycles. The van der Waals surface area contributed by atoms with E-state index in [0.29, 0.717) is 13.1 Å². The summed E-state index contributed by atoms with van der Waals surface area (Å²) in [7, 11) is 0. The van der Waals surface area contributed by atoms with Crippen LogP contribution in [0.1, 0.15) is 38.3 Å². The molecule has 20 heavy (non-hydrogen) atoms. The van der Waals surface area contributed by atoms with Crippen molar-refractivity contribution in [2.24, 2.45) is 5.92 Å². The fourth-order valence-corrected chi connectivity index (χ4v) is 2.39. The second kappa shape index (κ2) is 6.84. The SMILES string of the molecule is CCN(C(=O)CNCC1CC1)[C@@H](C)c1ccc(F)cc1. The number of nitrogens with zero attached hydrogens (tertiary/aromatic N) is 1. The highest BCUT2D eigenvalue weighted by molar-refractivity contribution is 5.78. The van der Waals surface area contributed by atoms with Gasteiger partial charge in [0.1, 0.15) is 5.82 Å². The van der Waals surface area contributed by atoms with Crippen molar-refractivity contribution in [2.75, 3.05) is 19.6 Å². The number of hydrogen-bond donors (Lipinski definition) is 1. The quantitative estimate of drug-likeness (QED) is 0.831. The molecule has 0 aromatic heterocycles. The maximum Gasteiger partial charge on any atom is 0.237 e. The Labute approximate surface area is 120 Å². The fourth-order valence-electron chi connectivity index (χ4n) is 2.39. The molecule has 1 aromatic carbocycles. The highest BCUT2D eigenvalue weighted by Gasteiger charge is 2.23. The van der Waals surface area contributed by atoms with Gasteiger partial charge in [-0.25, -0.2) is 4.39 Å². The van der Waals surface area contributed by atoms with Crippen LogP contribution in [0.2, 0.25) is 0 Å². The lowest BCUT2D eigenvalue weighted by Crippen LogP contribution is -2.40. The van der Waals surface area contributed by atoms with Crippen molar-refractivity contribution in [1.29, 1.82) is 0 Å². The smallest absolute Gasteiger partial charge is 0.237 e. The molecular formula is C16H23FN2O. The Kier molecular flexibility index (Phi) is 5.12. The molecule has 0 heterocycles. The first-order valence-electron chi connectivity index (χ1n) is 7.37. The third-order valence-electron chi connectivity index (χ3n) is 3.89. The predicted octanol–water partition coefficient (Wildman–Crippen LogP) is 2.73. The average molecular weight is 278 g/mol. The van der Waals surface area contributed by atoms with E-state index in [4.69, 9.17) is 0 Å². The number of amides is 1. The number of hydrogen-bond acceptors (Lipinski definition) is 2. The van der Waals surface area contributed by atoms with Crippen LogP contribution in [0, 0.1) is 11.7 Å². The molecule has 0 bridgehead atoms. The minimum absolute atomic E-state index is 0.0316. The van der Waals surface area contributed by atoms with Gasteiger partial charge in [-0.15, -0.1) is 0 Å². The first-order chi connectivity index (χ1) is 9.61. The molecular weight excluding hydrogens is 255 g/mol. The Bertz CT molecular complexity index is 442. The van der Waals surface area contributed by atoms with Crippen molar-refractivity contribution in [1.82, 2.24) is 10.2 Å². The Hall–Kier alpha value is -1.42. The molecule has 4 heteroatoms. The van der Waals surface area contributed by atoms with E-state index >= 15 is 0 Å². The molecule has 1 aliphatic rings. The van der Waals surface area contributed by atoms with Crippen LogP contribution in [-0.2, 0) is 4.79 Å². The van der Waals surface area contributed by atoms with E-state index < -0.39 is 0 Å². The zero-order valence-corrected chi connectivity index (χ0v) is 12.2. The van der Waals surface area contributed by atoms with Crippen LogP contribution in [-0.4, -0.2) is 30.4 Å². The van der Waals surface area contributed by atoms with Crippen molar-refractivity contribution in [2.45, 2.75) is 32.7 Å². The fraction of sp³-hybridized carbons (Fsp3) is 0.562. The first-order valence-corrected chi connectivity index (χ1v) is 7.37. The summed E-state index contributed by atoms with van der Waals surface area (Å²) >= 11 is 0. The summed E-state index contributed by atoms with van der Waals surface area (Å²) in [5.41, 5.74) is 0.962. The first kappa shape index (κ1) is 15.0. The number of halogens is 1. The maximum atomic E-state index is 12.9. The van der Waals surface area contributed by atoms with Crippen LogP contribution in [0.5, 0.6) is 0 Å². The lowest BCUT2D eigenvalue weighted by molar-refractivity contribution is -0.132. The third kappa shape index (κ3) is 4.04.